The van der Waals surface area contributed by atoms with E-state index in [0.717, 1.165) is 19.3 Å². The van der Waals surface area contributed by atoms with Crippen LogP contribution in [-0.4, -0.2) is 19.3 Å². The zero-order chi connectivity index (χ0) is 12.8. The van der Waals surface area contributed by atoms with Crippen molar-refractivity contribution in [2.24, 2.45) is 5.41 Å². The molecule has 0 aromatic heterocycles. The van der Waals surface area contributed by atoms with E-state index in [1.165, 1.54) is 0 Å². The van der Waals surface area contributed by atoms with Crippen LogP contribution in [0.1, 0.15) is 33.1 Å². The van der Waals surface area contributed by atoms with Crippen molar-refractivity contribution in [2.75, 3.05) is 0 Å². The van der Waals surface area contributed by atoms with Gasteiger partial charge >= 0.3 is 0 Å². The van der Waals surface area contributed by atoms with Gasteiger partial charge in [0.15, 0.2) is 0 Å². The fourth-order valence-corrected chi connectivity index (χ4v) is 1.94. The zero-order valence-corrected chi connectivity index (χ0v) is 12.4. The lowest BCUT2D eigenvalue weighted by atomic mass is 9.81. The number of rotatable bonds is 5. The highest BCUT2D eigenvalue weighted by Gasteiger charge is 2.26. The van der Waals surface area contributed by atoms with E-state index in [2.05, 4.69) is 51.5 Å². The summed E-state index contributed by atoms with van der Waals surface area (Å²) in [6, 6.07) is 0. The second kappa shape index (κ2) is 6.27. The van der Waals surface area contributed by atoms with Gasteiger partial charge in [-0.25, -0.2) is 0 Å². The first-order valence-corrected chi connectivity index (χ1v) is 9.48. The summed E-state index contributed by atoms with van der Waals surface area (Å²) in [5, 5.41) is 10.0. The van der Waals surface area contributed by atoms with Crippen molar-refractivity contribution < 1.29 is 5.11 Å². The van der Waals surface area contributed by atoms with Crippen molar-refractivity contribution in [1.29, 1.82) is 0 Å². The summed E-state index contributed by atoms with van der Waals surface area (Å²) in [6.07, 6.45) is 3.99. The molecule has 0 saturated heterocycles. The highest BCUT2D eigenvalue weighted by atomic mass is 28.3. The molecule has 0 unspecified atom stereocenters. The molecule has 0 saturated carbocycles. The van der Waals surface area contributed by atoms with Gasteiger partial charge in [-0.3, -0.25) is 0 Å². The van der Waals surface area contributed by atoms with Crippen LogP contribution >= 0.6 is 0 Å². The second-order valence-electron chi connectivity index (χ2n) is 6.10. The molecular formula is C14H26OSi. The number of allylic oxidation sites excluding steroid dienone is 1. The van der Waals surface area contributed by atoms with E-state index >= 15 is 0 Å². The third-order valence-corrected chi connectivity index (χ3v) is 3.48. The summed E-state index contributed by atoms with van der Waals surface area (Å²) in [5.74, 6) is 3.25. The van der Waals surface area contributed by atoms with E-state index < -0.39 is 8.07 Å². The normalized spacial score (nSPS) is 13.9. The van der Waals surface area contributed by atoms with Crippen LogP contribution in [0.3, 0.4) is 0 Å². The molecule has 0 aromatic carbocycles. The van der Waals surface area contributed by atoms with Crippen LogP contribution in [0.5, 0.6) is 0 Å². The predicted octanol–water partition coefficient (Wildman–Crippen LogP) is 3.61. The number of aliphatic hydroxyl groups excluding tert-OH is 1. The largest absolute Gasteiger partial charge is 0.393 e. The Labute approximate surface area is 102 Å². The van der Waals surface area contributed by atoms with E-state index in [1.807, 2.05) is 6.08 Å². The van der Waals surface area contributed by atoms with E-state index in [4.69, 9.17) is 0 Å². The Morgan fingerprint density at radius 1 is 1.38 bits per heavy atom. The van der Waals surface area contributed by atoms with Crippen LogP contribution in [0.2, 0.25) is 19.6 Å². The molecule has 1 nitrogen and oxygen atoms in total. The molecule has 2 heteroatoms. The van der Waals surface area contributed by atoms with Crippen LogP contribution in [-0.2, 0) is 0 Å². The Balaban J connectivity index is 4.31. The minimum Gasteiger partial charge on any atom is -0.393 e. The number of aliphatic hydroxyl groups is 1. The van der Waals surface area contributed by atoms with E-state index in [-0.39, 0.29) is 11.5 Å². The van der Waals surface area contributed by atoms with Crippen molar-refractivity contribution in [3.05, 3.63) is 12.7 Å². The molecule has 0 heterocycles. The van der Waals surface area contributed by atoms with Gasteiger partial charge in [-0.15, -0.1) is 18.0 Å². The molecule has 0 aliphatic heterocycles. The Morgan fingerprint density at radius 3 is 2.38 bits per heavy atom. The summed E-state index contributed by atoms with van der Waals surface area (Å²) in [6.45, 7) is 14.6. The lowest BCUT2D eigenvalue weighted by Crippen LogP contribution is -2.29. The highest BCUT2D eigenvalue weighted by Crippen LogP contribution is 2.27. The molecule has 0 bridgehead atoms. The maximum absolute atomic E-state index is 10.0. The summed E-state index contributed by atoms with van der Waals surface area (Å²) < 4.78 is 0. The summed E-state index contributed by atoms with van der Waals surface area (Å²) >= 11 is 0. The quantitative estimate of drug-likeness (QED) is 0.441. The first-order chi connectivity index (χ1) is 7.19. The Bertz CT molecular complexity index is 275. The molecule has 92 valence electrons. The first kappa shape index (κ1) is 15.5. The third kappa shape index (κ3) is 6.87. The minimum absolute atomic E-state index is 0.115. The SMILES string of the molecule is C=CCC[C@H](O)C(C)(C)CC#C[Si](C)(C)C. The average molecular weight is 238 g/mol. The monoisotopic (exact) mass is 238 g/mol. The van der Waals surface area contributed by atoms with Crippen LogP contribution in [0.25, 0.3) is 0 Å². The Hall–Kier alpha value is -0.523. The van der Waals surface area contributed by atoms with Crippen molar-refractivity contribution in [2.45, 2.75) is 58.9 Å². The molecule has 0 radical (unpaired) electrons. The molecule has 0 rings (SSSR count). The van der Waals surface area contributed by atoms with Gasteiger partial charge in [-0.05, 0) is 12.8 Å². The summed E-state index contributed by atoms with van der Waals surface area (Å²) in [7, 11) is -1.28. The topological polar surface area (TPSA) is 20.2 Å². The van der Waals surface area contributed by atoms with Gasteiger partial charge in [0.05, 0.1) is 6.10 Å². The lowest BCUT2D eigenvalue weighted by molar-refractivity contribution is 0.0473. The van der Waals surface area contributed by atoms with E-state index in [1.54, 1.807) is 0 Å². The van der Waals surface area contributed by atoms with E-state index in [0.29, 0.717) is 0 Å². The summed E-state index contributed by atoms with van der Waals surface area (Å²) in [4.78, 5) is 0. The van der Waals surface area contributed by atoms with Gasteiger partial charge in [0.25, 0.3) is 0 Å². The first-order valence-electron chi connectivity index (χ1n) is 5.98. The van der Waals surface area contributed by atoms with Gasteiger partial charge in [-0.1, -0.05) is 39.6 Å². The molecule has 0 amide bonds. The molecule has 1 N–H and O–H groups in total. The number of hydrogen-bond donors (Lipinski definition) is 1. The maximum atomic E-state index is 10.0. The minimum atomic E-state index is -1.28. The van der Waals surface area contributed by atoms with Crippen molar-refractivity contribution in [1.82, 2.24) is 0 Å². The fraction of sp³-hybridized carbons (Fsp3) is 0.714. The maximum Gasteiger partial charge on any atom is 0.129 e. The van der Waals surface area contributed by atoms with Gasteiger partial charge in [-0.2, -0.15) is 0 Å². The van der Waals surface area contributed by atoms with Crippen LogP contribution in [0.4, 0.5) is 0 Å². The van der Waals surface area contributed by atoms with Crippen molar-refractivity contribution in [3.8, 4) is 11.5 Å². The van der Waals surface area contributed by atoms with E-state index in [9.17, 15) is 5.11 Å². The molecule has 1 atom stereocenters. The molecular weight excluding hydrogens is 212 g/mol. The van der Waals surface area contributed by atoms with Gasteiger partial charge < -0.3 is 5.11 Å². The highest BCUT2D eigenvalue weighted by molar-refractivity contribution is 6.83. The third-order valence-electron chi connectivity index (χ3n) is 2.55. The Kier molecular flexibility index (Phi) is 6.07. The zero-order valence-electron chi connectivity index (χ0n) is 11.4. The molecule has 0 aliphatic carbocycles. The Morgan fingerprint density at radius 2 is 1.94 bits per heavy atom. The van der Waals surface area contributed by atoms with Gasteiger partial charge in [0.2, 0.25) is 0 Å². The average Bonchev–Trinajstić information content (AvgIpc) is 2.11. The number of hydrogen-bond acceptors (Lipinski definition) is 1. The molecule has 0 aliphatic rings. The smallest absolute Gasteiger partial charge is 0.129 e. The summed E-state index contributed by atoms with van der Waals surface area (Å²) in [5.41, 5.74) is 3.23. The second-order valence-corrected chi connectivity index (χ2v) is 10.8. The van der Waals surface area contributed by atoms with Crippen LogP contribution < -0.4 is 0 Å². The predicted molar refractivity (Wildman–Crippen MR) is 75.0 cm³/mol. The van der Waals surface area contributed by atoms with Crippen LogP contribution in [0, 0.1) is 16.9 Å². The molecule has 16 heavy (non-hydrogen) atoms. The molecule has 0 spiro atoms. The van der Waals surface area contributed by atoms with Crippen molar-refractivity contribution >= 4 is 8.07 Å². The molecule has 0 aromatic rings. The fourth-order valence-electron chi connectivity index (χ4n) is 1.32. The standard InChI is InChI=1S/C14H26OSi/c1-7-8-10-13(15)14(2,3)11-9-12-16(4,5)6/h7,13,15H,1,8,10-11H2,2-6H3/t13-/m0/s1. The lowest BCUT2D eigenvalue weighted by Gasteiger charge is -2.28. The van der Waals surface area contributed by atoms with Gasteiger partial charge in [0, 0.05) is 11.8 Å². The van der Waals surface area contributed by atoms with Crippen molar-refractivity contribution in [3.63, 3.8) is 0 Å². The van der Waals surface area contributed by atoms with Crippen LogP contribution in [0.15, 0.2) is 12.7 Å². The van der Waals surface area contributed by atoms with Gasteiger partial charge in [0.1, 0.15) is 8.07 Å². The molecule has 0 fully saturated rings.